The van der Waals surface area contributed by atoms with Crippen LogP contribution in [0, 0.1) is 0 Å². The second kappa shape index (κ2) is 6.74. The highest BCUT2D eigenvalue weighted by atomic mass is 35.5. The third-order valence-electron chi connectivity index (χ3n) is 2.41. The summed E-state index contributed by atoms with van der Waals surface area (Å²) in [5, 5.41) is 9.27. The quantitative estimate of drug-likeness (QED) is 0.746. The third-order valence-corrected chi connectivity index (χ3v) is 4.16. The molecule has 8 heteroatoms. The number of carboxylic acid groups (broad SMARTS) is 1. The van der Waals surface area contributed by atoms with E-state index in [9.17, 15) is 13.2 Å². The van der Waals surface area contributed by atoms with Gasteiger partial charge >= 0.3 is 5.97 Å². The number of halogens is 1. The van der Waals surface area contributed by atoms with Gasteiger partial charge < -0.3 is 9.84 Å². The first-order valence-corrected chi connectivity index (χ1v) is 7.37. The highest BCUT2D eigenvalue weighted by Crippen LogP contribution is 2.27. The van der Waals surface area contributed by atoms with Crippen molar-refractivity contribution >= 4 is 27.6 Å². The predicted molar refractivity (Wildman–Crippen MR) is 74.6 cm³/mol. The largest absolute Gasteiger partial charge is 0.495 e. The lowest BCUT2D eigenvalue weighted by Crippen LogP contribution is -2.40. The second-order valence-electron chi connectivity index (χ2n) is 3.83. The van der Waals surface area contributed by atoms with E-state index in [1.807, 2.05) is 0 Å². The van der Waals surface area contributed by atoms with Crippen molar-refractivity contribution in [2.75, 3.05) is 7.11 Å². The molecule has 0 fully saturated rings. The molecule has 0 aliphatic rings. The number of carboxylic acids is 1. The fourth-order valence-corrected chi connectivity index (χ4v) is 3.00. The standard InChI is InChI=1S/C12H14ClNO5S/c1-3-4-9(12(15)16)14-20(17,18)11-6-5-8(13)7-10(11)19-2/h3,5-7,9,14H,1,4H2,2H3,(H,15,16). The Morgan fingerprint density at radius 3 is 2.75 bits per heavy atom. The minimum Gasteiger partial charge on any atom is -0.495 e. The van der Waals surface area contributed by atoms with Gasteiger partial charge in [-0.05, 0) is 18.6 Å². The smallest absolute Gasteiger partial charge is 0.322 e. The molecule has 0 aliphatic carbocycles. The molecule has 1 unspecified atom stereocenters. The highest BCUT2D eigenvalue weighted by molar-refractivity contribution is 7.89. The van der Waals surface area contributed by atoms with Gasteiger partial charge in [-0.25, -0.2) is 8.42 Å². The zero-order valence-corrected chi connectivity index (χ0v) is 12.2. The first kappa shape index (κ1) is 16.5. The molecule has 20 heavy (non-hydrogen) atoms. The SMILES string of the molecule is C=CCC(NS(=O)(=O)c1ccc(Cl)cc1OC)C(=O)O. The molecule has 0 aliphatic heterocycles. The summed E-state index contributed by atoms with van der Waals surface area (Å²) in [4.78, 5) is 10.8. The van der Waals surface area contributed by atoms with Gasteiger partial charge in [0, 0.05) is 11.1 Å². The lowest BCUT2D eigenvalue weighted by Gasteiger charge is -2.15. The van der Waals surface area contributed by atoms with Crippen molar-refractivity contribution < 1.29 is 23.1 Å². The van der Waals surface area contributed by atoms with Gasteiger partial charge in [0.1, 0.15) is 16.7 Å². The van der Waals surface area contributed by atoms with Crippen molar-refractivity contribution in [2.45, 2.75) is 17.4 Å². The number of benzene rings is 1. The Kier molecular flexibility index (Phi) is 5.55. The van der Waals surface area contributed by atoms with Crippen molar-refractivity contribution in [3.8, 4) is 5.75 Å². The summed E-state index contributed by atoms with van der Waals surface area (Å²) in [6.07, 6.45) is 1.28. The maximum Gasteiger partial charge on any atom is 0.322 e. The second-order valence-corrected chi connectivity index (χ2v) is 5.95. The Morgan fingerprint density at radius 1 is 1.60 bits per heavy atom. The number of methoxy groups -OCH3 is 1. The van der Waals surface area contributed by atoms with E-state index in [0.717, 1.165) is 0 Å². The Morgan fingerprint density at radius 2 is 2.25 bits per heavy atom. The summed E-state index contributed by atoms with van der Waals surface area (Å²) in [6, 6.07) is 2.66. The van der Waals surface area contributed by atoms with Crippen LogP contribution in [-0.2, 0) is 14.8 Å². The Bertz CT molecular complexity index is 614. The van der Waals surface area contributed by atoms with E-state index < -0.39 is 22.0 Å². The molecule has 0 aromatic heterocycles. The van der Waals surface area contributed by atoms with Gasteiger partial charge in [-0.15, -0.1) is 6.58 Å². The molecule has 0 heterocycles. The van der Waals surface area contributed by atoms with Gasteiger partial charge in [0.05, 0.1) is 7.11 Å². The molecule has 0 saturated carbocycles. The maximum absolute atomic E-state index is 12.2. The normalized spacial score (nSPS) is 12.7. The van der Waals surface area contributed by atoms with Crippen LogP contribution in [-0.4, -0.2) is 32.6 Å². The molecular formula is C12H14ClNO5S. The number of hydrogen-bond acceptors (Lipinski definition) is 4. The van der Waals surface area contributed by atoms with Gasteiger partial charge in [0.25, 0.3) is 0 Å². The zero-order chi connectivity index (χ0) is 15.3. The summed E-state index contributed by atoms with van der Waals surface area (Å²) in [5.74, 6) is -1.26. The molecule has 1 aromatic carbocycles. The van der Waals surface area contributed by atoms with E-state index in [2.05, 4.69) is 11.3 Å². The van der Waals surface area contributed by atoms with E-state index >= 15 is 0 Å². The van der Waals surface area contributed by atoms with Crippen molar-refractivity contribution in [1.82, 2.24) is 4.72 Å². The number of hydrogen-bond donors (Lipinski definition) is 2. The Balaban J connectivity index is 3.16. The van der Waals surface area contributed by atoms with Crippen LogP contribution < -0.4 is 9.46 Å². The van der Waals surface area contributed by atoms with Crippen LogP contribution in [0.1, 0.15) is 6.42 Å². The van der Waals surface area contributed by atoms with E-state index in [1.54, 1.807) is 0 Å². The van der Waals surface area contributed by atoms with Crippen LogP contribution in [0.15, 0.2) is 35.7 Å². The molecule has 0 radical (unpaired) electrons. The summed E-state index contributed by atoms with van der Waals surface area (Å²) in [5.41, 5.74) is 0. The van der Waals surface area contributed by atoms with E-state index in [1.165, 1.54) is 31.4 Å². The Labute approximate surface area is 122 Å². The molecule has 1 atom stereocenters. The molecular weight excluding hydrogens is 306 g/mol. The monoisotopic (exact) mass is 319 g/mol. The van der Waals surface area contributed by atoms with Crippen molar-refractivity contribution in [1.29, 1.82) is 0 Å². The summed E-state index contributed by atoms with van der Waals surface area (Å²) in [6.45, 7) is 3.39. The maximum atomic E-state index is 12.2. The van der Waals surface area contributed by atoms with Gasteiger partial charge in [0.15, 0.2) is 0 Å². The van der Waals surface area contributed by atoms with Gasteiger partial charge in [-0.2, -0.15) is 4.72 Å². The molecule has 0 spiro atoms. The molecule has 0 bridgehead atoms. The zero-order valence-electron chi connectivity index (χ0n) is 10.7. The minimum absolute atomic E-state index is 0.0349. The number of ether oxygens (including phenoxy) is 1. The summed E-state index contributed by atoms with van der Waals surface area (Å²) in [7, 11) is -2.75. The number of nitrogens with one attached hydrogen (secondary N) is 1. The third kappa shape index (κ3) is 3.96. The molecule has 2 N–H and O–H groups in total. The van der Waals surface area contributed by atoms with Crippen LogP contribution in [0.25, 0.3) is 0 Å². The van der Waals surface area contributed by atoms with Gasteiger partial charge in [0.2, 0.25) is 10.0 Å². The summed E-state index contributed by atoms with van der Waals surface area (Å²) < 4.78 is 31.4. The molecule has 0 saturated heterocycles. The Hall–Kier alpha value is -1.57. The highest BCUT2D eigenvalue weighted by Gasteiger charge is 2.26. The predicted octanol–water partition coefficient (Wildman–Crippen LogP) is 1.66. The van der Waals surface area contributed by atoms with Crippen LogP contribution in [0.3, 0.4) is 0 Å². The van der Waals surface area contributed by atoms with E-state index in [-0.39, 0.29) is 17.1 Å². The van der Waals surface area contributed by atoms with E-state index in [4.69, 9.17) is 21.4 Å². The van der Waals surface area contributed by atoms with Crippen molar-refractivity contribution in [3.05, 3.63) is 35.9 Å². The van der Waals surface area contributed by atoms with Gasteiger partial charge in [-0.3, -0.25) is 4.79 Å². The van der Waals surface area contributed by atoms with Gasteiger partial charge in [-0.1, -0.05) is 17.7 Å². The lowest BCUT2D eigenvalue weighted by molar-refractivity contribution is -0.138. The van der Waals surface area contributed by atoms with E-state index in [0.29, 0.717) is 5.02 Å². The lowest BCUT2D eigenvalue weighted by atomic mass is 10.2. The van der Waals surface area contributed by atoms with Crippen LogP contribution in [0.2, 0.25) is 5.02 Å². The topological polar surface area (TPSA) is 92.7 Å². The molecule has 1 rings (SSSR count). The number of carbonyl (C=O) groups is 1. The molecule has 1 aromatic rings. The fourth-order valence-electron chi connectivity index (χ4n) is 1.48. The molecule has 110 valence electrons. The number of sulfonamides is 1. The fraction of sp³-hybridized carbons (Fsp3) is 0.250. The average molecular weight is 320 g/mol. The average Bonchev–Trinajstić information content (AvgIpc) is 2.37. The first-order chi connectivity index (χ1) is 9.31. The molecule has 0 amide bonds. The van der Waals surface area contributed by atoms with Crippen molar-refractivity contribution in [3.63, 3.8) is 0 Å². The van der Waals surface area contributed by atoms with Crippen LogP contribution >= 0.6 is 11.6 Å². The molecule has 6 nitrogen and oxygen atoms in total. The van der Waals surface area contributed by atoms with Crippen LogP contribution in [0.5, 0.6) is 5.75 Å². The summed E-state index contributed by atoms with van der Waals surface area (Å²) >= 11 is 5.75. The number of aliphatic carboxylic acids is 1. The first-order valence-electron chi connectivity index (χ1n) is 5.51. The van der Waals surface area contributed by atoms with Crippen molar-refractivity contribution in [2.24, 2.45) is 0 Å². The minimum atomic E-state index is -4.05. The van der Waals surface area contributed by atoms with Crippen LogP contribution in [0.4, 0.5) is 0 Å². The number of rotatable bonds is 7.